The summed E-state index contributed by atoms with van der Waals surface area (Å²) in [6, 6.07) is 13.9. The molecule has 2 aromatic rings. The number of rotatable bonds is 3. The molecule has 1 amide bonds. The highest BCUT2D eigenvalue weighted by molar-refractivity contribution is 5.99. The SMILES string of the molecule is O=C(O)c1ccc2c(c1)O[C@@H](Cc1ccccc1)C(=O)N2. The van der Waals surface area contributed by atoms with Gasteiger partial charge in [-0.3, -0.25) is 4.79 Å². The highest BCUT2D eigenvalue weighted by Gasteiger charge is 2.28. The van der Waals surface area contributed by atoms with Crippen LogP contribution in [-0.4, -0.2) is 23.1 Å². The van der Waals surface area contributed by atoms with Gasteiger partial charge >= 0.3 is 5.97 Å². The fraction of sp³-hybridized carbons (Fsp3) is 0.125. The van der Waals surface area contributed by atoms with E-state index in [1.165, 1.54) is 18.2 Å². The second-order valence-corrected chi connectivity index (χ2v) is 4.80. The third kappa shape index (κ3) is 2.72. The van der Waals surface area contributed by atoms with Crippen LogP contribution in [0.3, 0.4) is 0 Å². The number of nitrogens with one attached hydrogen (secondary N) is 1. The van der Waals surface area contributed by atoms with Gasteiger partial charge in [0.25, 0.3) is 5.91 Å². The molecule has 0 spiro atoms. The minimum absolute atomic E-state index is 0.128. The van der Waals surface area contributed by atoms with Crippen LogP contribution in [0, 0.1) is 0 Å². The normalized spacial score (nSPS) is 16.6. The van der Waals surface area contributed by atoms with Crippen LogP contribution in [0.5, 0.6) is 5.75 Å². The van der Waals surface area contributed by atoms with Gasteiger partial charge in [-0.15, -0.1) is 0 Å². The van der Waals surface area contributed by atoms with E-state index in [2.05, 4.69) is 5.32 Å². The van der Waals surface area contributed by atoms with Crippen molar-refractivity contribution in [1.82, 2.24) is 0 Å². The van der Waals surface area contributed by atoms with Crippen LogP contribution >= 0.6 is 0 Å². The van der Waals surface area contributed by atoms with Gasteiger partial charge in [0, 0.05) is 6.42 Å². The molecular formula is C16H13NO4. The number of aromatic carboxylic acids is 1. The zero-order chi connectivity index (χ0) is 14.8. The highest BCUT2D eigenvalue weighted by Crippen LogP contribution is 2.31. The molecule has 1 atom stereocenters. The number of carboxylic acids is 1. The van der Waals surface area contributed by atoms with Crippen LogP contribution < -0.4 is 10.1 Å². The molecule has 0 aliphatic carbocycles. The van der Waals surface area contributed by atoms with Gasteiger partial charge in [0.15, 0.2) is 6.10 Å². The molecule has 1 aliphatic heterocycles. The lowest BCUT2D eigenvalue weighted by Crippen LogP contribution is -2.38. The van der Waals surface area contributed by atoms with E-state index in [0.29, 0.717) is 17.9 Å². The molecular weight excluding hydrogens is 270 g/mol. The van der Waals surface area contributed by atoms with E-state index in [-0.39, 0.29) is 11.5 Å². The number of carbonyl (C=O) groups excluding carboxylic acids is 1. The summed E-state index contributed by atoms with van der Waals surface area (Å²) >= 11 is 0. The summed E-state index contributed by atoms with van der Waals surface area (Å²) in [7, 11) is 0. The van der Waals surface area contributed by atoms with E-state index in [1.54, 1.807) is 0 Å². The van der Waals surface area contributed by atoms with Crippen molar-refractivity contribution >= 4 is 17.6 Å². The van der Waals surface area contributed by atoms with Crippen molar-refractivity contribution in [3.63, 3.8) is 0 Å². The number of hydrogen-bond acceptors (Lipinski definition) is 3. The number of fused-ring (bicyclic) bond motifs is 1. The van der Waals surface area contributed by atoms with Gasteiger partial charge in [-0.05, 0) is 23.8 Å². The van der Waals surface area contributed by atoms with Crippen LogP contribution in [0.1, 0.15) is 15.9 Å². The first kappa shape index (κ1) is 13.2. The van der Waals surface area contributed by atoms with Crippen LogP contribution in [0.25, 0.3) is 0 Å². The number of amides is 1. The predicted molar refractivity (Wildman–Crippen MR) is 76.6 cm³/mol. The molecule has 0 saturated heterocycles. The Hall–Kier alpha value is -2.82. The molecule has 5 nitrogen and oxygen atoms in total. The topological polar surface area (TPSA) is 75.6 Å². The third-order valence-electron chi connectivity index (χ3n) is 3.31. The van der Waals surface area contributed by atoms with Gasteiger partial charge < -0.3 is 15.2 Å². The minimum atomic E-state index is -1.03. The molecule has 0 bridgehead atoms. The zero-order valence-corrected chi connectivity index (χ0v) is 11.1. The first-order valence-electron chi connectivity index (χ1n) is 6.52. The second-order valence-electron chi connectivity index (χ2n) is 4.80. The largest absolute Gasteiger partial charge is 0.478 e. The summed E-state index contributed by atoms with van der Waals surface area (Å²) in [4.78, 5) is 23.0. The summed E-state index contributed by atoms with van der Waals surface area (Å²) in [6.07, 6.45) is -0.229. The standard InChI is InChI=1S/C16H13NO4/c18-15-14(8-10-4-2-1-3-5-10)21-13-9-11(16(19)20)6-7-12(13)17-15/h1-7,9,14H,8H2,(H,17,18)(H,19,20)/t14-/m0/s1. The van der Waals surface area contributed by atoms with E-state index in [4.69, 9.17) is 9.84 Å². The Balaban J connectivity index is 1.85. The molecule has 2 aromatic carbocycles. The van der Waals surface area contributed by atoms with E-state index < -0.39 is 12.1 Å². The van der Waals surface area contributed by atoms with Crippen LogP contribution in [0.2, 0.25) is 0 Å². The maximum absolute atomic E-state index is 12.0. The lowest BCUT2D eigenvalue weighted by molar-refractivity contribution is -0.123. The molecule has 2 N–H and O–H groups in total. The van der Waals surface area contributed by atoms with Crippen molar-refractivity contribution in [1.29, 1.82) is 0 Å². The minimum Gasteiger partial charge on any atom is -0.478 e. The van der Waals surface area contributed by atoms with Gasteiger partial charge in [0.1, 0.15) is 5.75 Å². The van der Waals surface area contributed by atoms with Crippen molar-refractivity contribution in [3.05, 3.63) is 59.7 Å². The fourth-order valence-corrected chi connectivity index (χ4v) is 2.24. The molecule has 0 aromatic heterocycles. The molecule has 1 aliphatic rings. The predicted octanol–water partition coefficient (Wildman–Crippen LogP) is 2.33. The fourth-order valence-electron chi connectivity index (χ4n) is 2.24. The van der Waals surface area contributed by atoms with Crippen molar-refractivity contribution in [2.75, 3.05) is 5.32 Å². The Morgan fingerprint density at radius 3 is 2.67 bits per heavy atom. The molecule has 0 radical (unpaired) electrons. The van der Waals surface area contributed by atoms with Crippen molar-refractivity contribution in [2.45, 2.75) is 12.5 Å². The number of benzene rings is 2. The zero-order valence-electron chi connectivity index (χ0n) is 11.1. The van der Waals surface area contributed by atoms with Crippen molar-refractivity contribution in [3.8, 4) is 5.75 Å². The number of ether oxygens (including phenoxy) is 1. The van der Waals surface area contributed by atoms with Crippen LogP contribution in [-0.2, 0) is 11.2 Å². The smallest absolute Gasteiger partial charge is 0.335 e. The molecule has 21 heavy (non-hydrogen) atoms. The van der Waals surface area contributed by atoms with Gasteiger partial charge in [0.05, 0.1) is 11.3 Å². The number of carbonyl (C=O) groups is 2. The molecule has 106 valence electrons. The molecule has 0 unspecified atom stereocenters. The Bertz CT molecular complexity index is 697. The number of carboxylic acid groups (broad SMARTS) is 1. The number of hydrogen-bond donors (Lipinski definition) is 2. The maximum atomic E-state index is 12.0. The first-order chi connectivity index (χ1) is 10.1. The number of anilines is 1. The van der Waals surface area contributed by atoms with Crippen LogP contribution in [0.15, 0.2) is 48.5 Å². The third-order valence-corrected chi connectivity index (χ3v) is 3.31. The summed E-state index contributed by atoms with van der Waals surface area (Å²) in [5, 5.41) is 11.7. The first-order valence-corrected chi connectivity index (χ1v) is 6.52. The van der Waals surface area contributed by atoms with E-state index in [1.807, 2.05) is 30.3 Å². The lowest BCUT2D eigenvalue weighted by Gasteiger charge is -2.26. The maximum Gasteiger partial charge on any atom is 0.335 e. The monoisotopic (exact) mass is 283 g/mol. The van der Waals surface area contributed by atoms with Crippen molar-refractivity contribution < 1.29 is 19.4 Å². The van der Waals surface area contributed by atoms with Gasteiger partial charge in [-0.2, -0.15) is 0 Å². The summed E-state index contributed by atoms with van der Waals surface area (Å²) in [6.45, 7) is 0. The molecule has 1 heterocycles. The molecule has 3 rings (SSSR count). The van der Waals surface area contributed by atoms with Gasteiger partial charge in [-0.25, -0.2) is 4.79 Å². The van der Waals surface area contributed by atoms with E-state index >= 15 is 0 Å². The Kier molecular flexibility index (Phi) is 3.31. The van der Waals surface area contributed by atoms with Gasteiger partial charge in [0.2, 0.25) is 0 Å². The Morgan fingerprint density at radius 2 is 1.95 bits per heavy atom. The van der Waals surface area contributed by atoms with E-state index in [9.17, 15) is 9.59 Å². The molecule has 0 fully saturated rings. The molecule has 0 saturated carbocycles. The highest BCUT2D eigenvalue weighted by atomic mass is 16.5. The summed E-state index contributed by atoms with van der Waals surface area (Å²) in [5.41, 5.74) is 1.60. The Morgan fingerprint density at radius 1 is 1.19 bits per heavy atom. The summed E-state index contributed by atoms with van der Waals surface area (Å²) < 4.78 is 5.66. The average molecular weight is 283 g/mol. The average Bonchev–Trinajstić information content (AvgIpc) is 2.48. The van der Waals surface area contributed by atoms with Gasteiger partial charge in [-0.1, -0.05) is 30.3 Å². The quantitative estimate of drug-likeness (QED) is 0.906. The lowest BCUT2D eigenvalue weighted by atomic mass is 10.1. The van der Waals surface area contributed by atoms with Crippen LogP contribution in [0.4, 0.5) is 5.69 Å². The summed E-state index contributed by atoms with van der Waals surface area (Å²) in [5.74, 6) is -0.872. The Labute approximate surface area is 121 Å². The molecule has 5 heteroatoms. The van der Waals surface area contributed by atoms with Crippen molar-refractivity contribution in [2.24, 2.45) is 0 Å². The van der Waals surface area contributed by atoms with E-state index in [0.717, 1.165) is 5.56 Å². The second kappa shape index (κ2) is 5.28.